The van der Waals surface area contributed by atoms with E-state index in [1.807, 2.05) is 6.92 Å². The highest BCUT2D eigenvalue weighted by Gasteiger charge is 2.12. The lowest BCUT2D eigenvalue weighted by Crippen LogP contribution is -2.03. The maximum atomic E-state index is 13.6. The Labute approximate surface area is 109 Å². The molecule has 0 aliphatic heterocycles. The van der Waals surface area contributed by atoms with Gasteiger partial charge in [0.25, 0.3) is 0 Å². The van der Waals surface area contributed by atoms with Crippen LogP contribution >= 0.6 is 11.6 Å². The fourth-order valence-electron chi connectivity index (χ4n) is 1.60. The van der Waals surface area contributed by atoms with Gasteiger partial charge in [-0.1, -0.05) is 29.8 Å². The van der Waals surface area contributed by atoms with Gasteiger partial charge in [0.1, 0.15) is 11.5 Å². The average molecular weight is 270 g/mol. The molecule has 96 valence electrons. The topological polar surface area (TPSA) is 50.9 Å². The van der Waals surface area contributed by atoms with E-state index in [1.165, 1.54) is 10.7 Å². The molecule has 0 saturated carbocycles. The minimum absolute atomic E-state index is 0.189. The molecule has 1 aromatic carbocycles. The lowest BCUT2D eigenvalue weighted by atomic mass is 10.2. The molecule has 0 fully saturated rings. The molecule has 2 rings (SSSR count). The summed E-state index contributed by atoms with van der Waals surface area (Å²) in [6.45, 7) is 2.03. The maximum Gasteiger partial charge on any atom is 0.129 e. The van der Waals surface area contributed by atoms with Gasteiger partial charge in [0.15, 0.2) is 0 Å². The number of aliphatic hydroxyl groups excluding tert-OH is 1. The van der Waals surface area contributed by atoms with Crippen molar-refractivity contribution < 1.29 is 9.50 Å². The summed E-state index contributed by atoms with van der Waals surface area (Å²) in [5.74, 6) is -0.379. The van der Waals surface area contributed by atoms with Crippen molar-refractivity contribution in [2.24, 2.45) is 0 Å². The van der Waals surface area contributed by atoms with Crippen molar-refractivity contribution in [3.63, 3.8) is 0 Å². The summed E-state index contributed by atoms with van der Waals surface area (Å²) in [4.78, 5) is 0. The van der Waals surface area contributed by atoms with E-state index in [-0.39, 0.29) is 12.4 Å². The molecular weight excluding hydrogens is 257 g/mol. The first-order chi connectivity index (χ1) is 8.61. The summed E-state index contributed by atoms with van der Waals surface area (Å²) in [7, 11) is 0. The highest BCUT2D eigenvalue weighted by atomic mass is 35.5. The smallest absolute Gasteiger partial charge is 0.129 e. The molecule has 18 heavy (non-hydrogen) atoms. The molecule has 0 radical (unpaired) electrons. The highest BCUT2D eigenvalue weighted by Crippen LogP contribution is 2.20. The number of benzene rings is 1. The molecule has 4 nitrogen and oxygen atoms in total. The second-order valence-corrected chi connectivity index (χ2v) is 4.37. The minimum atomic E-state index is -0.644. The SMILES string of the molecule is CCC(O)c1cn(Cc2c(F)cccc2Cl)nn1. The Kier molecular flexibility index (Phi) is 3.93. The van der Waals surface area contributed by atoms with Gasteiger partial charge in [-0.3, -0.25) is 0 Å². The van der Waals surface area contributed by atoms with Crippen molar-refractivity contribution in [3.8, 4) is 0 Å². The number of aromatic nitrogens is 3. The predicted octanol–water partition coefficient (Wildman–Crippen LogP) is 2.56. The average Bonchev–Trinajstić information content (AvgIpc) is 2.81. The van der Waals surface area contributed by atoms with Gasteiger partial charge in [0.05, 0.1) is 18.8 Å². The molecule has 1 unspecified atom stereocenters. The highest BCUT2D eigenvalue weighted by molar-refractivity contribution is 6.31. The summed E-state index contributed by atoms with van der Waals surface area (Å²) in [6.07, 6.45) is 1.51. The number of aliphatic hydroxyl groups is 1. The first kappa shape index (κ1) is 13.0. The van der Waals surface area contributed by atoms with Crippen LogP contribution in [0.5, 0.6) is 0 Å². The third-order valence-electron chi connectivity index (χ3n) is 2.67. The second kappa shape index (κ2) is 5.46. The number of hydrogen-bond donors (Lipinski definition) is 1. The van der Waals surface area contributed by atoms with Gasteiger partial charge in [0.2, 0.25) is 0 Å². The van der Waals surface area contributed by atoms with Crippen LogP contribution in [0.3, 0.4) is 0 Å². The standard InChI is InChI=1S/C12H13ClFN3O/c1-2-12(18)11-7-17(16-15-11)6-8-9(13)4-3-5-10(8)14/h3-5,7,12,18H,2,6H2,1H3. The molecule has 1 atom stereocenters. The summed E-state index contributed by atoms with van der Waals surface area (Å²) >= 11 is 5.93. The Morgan fingerprint density at radius 3 is 2.94 bits per heavy atom. The fraction of sp³-hybridized carbons (Fsp3) is 0.333. The van der Waals surface area contributed by atoms with Crippen LogP contribution in [0.4, 0.5) is 4.39 Å². The molecule has 2 aromatic rings. The molecule has 0 aliphatic rings. The van der Waals surface area contributed by atoms with Crippen LogP contribution < -0.4 is 0 Å². The zero-order valence-electron chi connectivity index (χ0n) is 9.85. The second-order valence-electron chi connectivity index (χ2n) is 3.97. The third kappa shape index (κ3) is 2.68. The molecular formula is C12H13ClFN3O. The van der Waals surface area contributed by atoms with Crippen LogP contribution in [0.25, 0.3) is 0 Å². The van der Waals surface area contributed by atoms with Crippen LogP contribution in [0, 0.1) is 5.82 Å². The van der Waals surface area contributed by atoms with Crippen LogP contribution in [-0.4, -0.2) is 20.1 Å². The van der Waals surface area contributed by atoms with Crippen molar-refractivity contribution in [1.82, 2.24) is 15.0 Å². The maximum absolute atomic E-state index is 13.6. The lowest BCUT2D eigenvalue weighted by molar-refractivity contribution is 0.168. The molecule has 0 aliphatic carbocycles. The van der Waals surface area contributed by atoms with E-state index in [4.69, 9.17) is 11.6 Å². The predicted molar refractivity (Wildman–Crippen MR) is 65.8 cm³/mol. The zero-order chi connectivity index (χ0) is 13.1. The van der Waals surface area contributed by atoms with Crippen LogP contribution in [0.15, 0.2) is 24.4 Å². The number of rotatable bonds is 4. The van der Waals surface area contributed by atoms with E-state index in [2.05, 4.69) is 10.3 Å². The normalized spacial score (nSPS) is 12.7. The summed E-state index contributed by atoms with van der Waals surface area (Å²) in [6, 6.07) is 4.52. The molecule has 0 saturated heterocycles. The third-order valence-corrected chi connectivity index (χ3v) is 3.02. The quantitative estimate of drug-likeness (QED) is 0.928. The van der Waals surface area contributed by atoms with Gasteiger partial charge in [-0.05, 0) is 18.6 Å². The molecule has 1 aromatic heterocycles. The van der Waals surface area contributed by atoms with Gasteiger partial charge in [-0.2, -0.15) is 0 Å². The van der Waals surface area contributed by atoms with Gasteiger partial charge >= 0.3 is 0 Å². The Hall–Kier alpha value is -1.46. The van der Waals surface area contributed by atoms with Gasteiger partial charge in [-0.25, -0.2) is 9.07 Å². The van der Waals surface area contributed by atoms with Crippen molar-refractivity contribution in [2.75, 3.05) is 0 Å². The Bertz CT molecular complexity index is 524. The molecule has 1 N–H and O–H groups in total. The Morgan fingerprint density at radius 1 is 1.50 bits per heavy atom. The van der Waals surface area contributed by atoms with E-state index in [1.54, 1.807) is 18.3 Å². The summed E-state index contributed by atoms with van der Waals surface area (Å²) in [5.41, 5.74) is 0.839. The first-order valence-corrected chi connectivity index (χ1v) is 6.00. The van der Waals surface area contributed by atoms with Crippen molar-refractivity contribution >= 4 is 11.6 Å². The van der Waals surface area contributed by atoms with Crippen molar-refractivity contribution in [1.29, 1.82) is 0 Å². The van der Waals surface area contributed by atoms with Crippen LogP contribution in [0.1, 0.15) is 30.7 Å². The van der Waals surface area contributed by atoms with E-state index in [0.717, 1.165) is 0 Å². The largest absolute Gasteiger partial charge is 0.387 e. The van der Waals surface area contributed by atoms with E-state index in [0.29, 0.717) is 22.7 Å². The van der Waals surface area contributed by atoms with E-state index >= 15 is 0 Å². The van der Waals surface area contributed by atoms with E-state index in [9.17, 15) is 9.50 Å². The van der Waals surface area contributed by atoms with Gasteiger partial charge < -0.3 is 5.11 Å². The van der Waals surface area contributed by atoms with E-state index < -0.39 is 6.10 Å². The fourth-order valence-corrected chi connectivity index (χ4v) is 1.82. The summed E-state index contributed by atoms with van der Waals surface area (Å²) in [5, 5.41) is 17.6. The Morgan fingerprint density at radius 2 is 2.28 bits per heavy atom. The molecule has 6 heteroatoms. The van der Waals surface area contributed by atoms with Crippen LogP contribution in [-0.2, 0) is 6.54 Å². The molecule has 0 amide bonds. The van der Waals surface area contributed by atoms with Crippen LogP contribution in [0.2, 0.25) is 5.02 Å². The minimum Gasteiger partial charge on any atom is -0.387 e. The lowest BCUT2D eigenvalue weighted by Gasteiger charge is -2.05. The Balaban J connectivity index is 2.21. The van der Waals surface area contributed by atoms with Crippen molar-refractivity contribution in [2.45, 2.75) is 26.0 Å². The molecule has 1 heterocycles. The number of hydrogen-bond acceptors (Lipinski definition) is 3. The zero-order valence-corrected chi connectivity index (χ0v) is 10.6. The monoisotopic (exact) mass is 269 g/mol. The van der Waals surface area contributed by atoms with Gasteiger partial charge in [-0.15, -0.1) is 5.10 Å². The first-order valence-electron chi connectivity index (χ1n) is 5.62. The van der Waals surface area contributed by atoms with Crippen molar-refractivity contribution in [3.05, 3.63) is 46.5 Å². The van der Waals surface area contributed by atoms with Gasteiger partial charge in [0, 0.05) is 10.6 Å². The molecule has 0 spiro atoms. The molecule has 0 bridgehead atoms. The number of halogens is 2. The summed E-state index contributed by atoms with van der Waals surface area (Å²) < 4.78 is 15.0. The number of nitrogens with zero attached hydrogens (tertiary/aromatic N) is 3.